The van der Waals surface area contributed by atoms with E-state index in [-0.39, 0.29) is 11.8 Å². The van der Waals surface area contributed by atoms with Crippen LogP contribution < -0.4 is 10.1 Å². The topological polar surface area (TPSA) is 64.6 Å². The van der Waals surface area contributed by atoms with Gasteiger partial charge < -0.3 is 14.8 Å². The fourth-order valence-electron chi connectivity index (χ4n) is 2.68. The van der Waals surface area contributed by atoms with Gasteiger partial charge in [-0.15, -0.1) is 0 Å². The fraction of sp³-hybridized carbons (Fsp3) is 0.333. The van der Waals surface area contributed by atoms with Gasteiger partial charge in [-0.05, 0) is 31.0 Å². The van der Waals surface area contributed by atoms with Gasteiger partial charge in [0.1, 0.15) is 11.3 Å². The van der Waals surface area contributed by atoms with E-state index in [0.717, 1.165) is 6.42 Å². The first kappa shape index (κ1) is 19.5. The molecule has 2 rings (SSSR count). The molecule has 2 aromatic rings. The van der Waals surface area contributed by atoms with E-state index in [0.29, 0.717) is 17.9 Å². The molecule has 5 nitrogen and oxygen atoms in total. The molecule has 0 aliphatic heterocycles. The normalized spacial score (nSPS) is 12.7. The zero-order chi connectivity index (χ0) is 18.9. The highest BCUT2D eigenvalue weighted by Crippen LogP contribution is 2.20. The van der Waals surface area contributed by atoms with Crippen LogP contribution in [0, 0.1) is 0 Å². The third-order valence-electron chi connectivity index (χ3n) is 4.27. The smallest absolute Gasteiger partial charge is 0.342 e. The molecule has 0 saturated carbocycles. The summed E-state index contributed by atoms with van der Waals surface area (Å²) in [6, 6.07) is 16.8. The molecule has 0 unspecified atom stereocenters. The lowest BCUT2D eigenvalue weighted by Gasteiger charge is -2.19. The van der Waals surface area contributed by atoms with Crippen molar-refractivity contribution >= 4 is 11.9 Å². The number of benzene rings is 2. The molecule has 0 spiro atoms. The number of hydrogen-bond acceptors (Lipinski definition) is 4. The van der Waals surface area contributed by atoms with E-state index in [4.69, 9.17) is 9.47 Å². The van der Waals surface area contributed by atoms with Gasteiger partial charge in [-0.25, -0.2) is 4.79 Å². The monoisotopic (exact) mass is 355 g/mol. The maximum atomic E-state index is 12.3. The SMILES string of the molecule is CC[C@@H](CNC(=O)[C@@H](C)OC(=O)c1ccccc1OC)c1ccccc1. The number of amides is 1. The van der Waals surface area contributed by atoms with Crippen LogP contribution in [-0.2, 0) is 9.53 Å². The molecular formula is C21H25NO4. The van der Waals surface area contributed by atoms with E-state index in [2.05, 4.69) is 12.2 Å². The third kappa shape index (κ3) is 5.09. The molecule has 0 radical (unpaired) electrons. The van der Waals surface area contributed by atoms with Crippen LogP contribution in [0.3, 0.4) is 0 Å². The highest BCUT2D eigenvalue weighted by molar-refractivity contribution is 5.94. The van der Waals surface area contributed by atoms with Crippen molar-refractivity contribution in [3.05, 3.63) is 65.7 Å². The largest absolute Gasteiger partial charge is 0.496 e. The van der Waals surface area contributed by atoms with Gasteiger partial charge in [0.15, 0.2) is 6.10 Å². The quantitative estimate of drug-likeness (QED) is 0.736. The summed E-state index contributed by atoms with van der Waals surface area (Å²) in [4.78, 5) is 24.6. The molecular weight excluding hydrogens is 330 g/mol. The Hall–Kier alpha value is -2.82. The molecule has 0 bridgehead atoms. The number of methoxy groups -OCH3 is 1. The van der Waals surface area contributed by atoms with Gasteiger partial charge in [-0.1, -0.05) is 49.4 Å². The number of esters is 1. The van der Waals surface area contributed by atoms with E-state index >= 15 is 0 Å². The summed E-state index contributed by atoms with van der Waals surface area (Å²) in [7, 11) is 1.48. The van der Waals surface area contributed by atoms with Crippen LogP contribution in [0.1, 0.15) is 42.1 Å². The molecule has 0 aliphatic carbocycles. The maximum Gasteiger partial charge on any atom is 0.342 e. The number of carbonyl (C=O) groups is 2. The third-order valence-corrected chi connectivity index (χ3v) is 4.27. The predicted octanol–water partition coefficient (Wildman–Crippen LogP) is 3.55. The predicted molar refractivity (Wildman–Crippen MR) is 100 cm³/mol. The second-order valence-electron chi connectivity index (χ2n) is 6.01. The Bertz CT molecular complexity index is 730. The minimum atomic E-state index is -0.888. The van der Waals surface area contributed by atoms with Gasteiger partial charge >= 0.3 is 5.97 Å². The summed E-state index contributed by atoms with van der Waals surface area (Å²) >= 11 is 0. The van der Waals surface area contributed by atoms with E-state index in [9.17, 15) is 9.59 Å². The van der Waals surface area contributed by atoms with Crippen LogP contribution in [0.5, 0.6) is 5.75 Å². The van der Waals surface area contributed by atoms with Crippen molar-refractivity contribution in [2.75, 3.05) is 13.7 Å². The Morgan fingerprint density at radius 3 is 2.35 bits per heavy atom. The minimum Gasteiger partial charge on any atom is -0.496 e. The van der Waals surface area contributed by atoms with Crippen molar-refractivity contribution in [2.24, 2.45) is 0 Å². The van der Waals surface area contributed by atoms with Crippen molar-refractivity contribution in [3.63, 3.8) is 0 Å². The molecule has 1 N–H and O–H groups in total. The zero-order valence-electron chi connectivity index (χ0n) is 15.4. The van der Waals surface area contributed by atoms with Crippen LogP contribution in [0.4, 0.5) is 0 Å². The zero-order valence-corrected chi connectivity index (χ0v) is 15.4. The van der Waals surface area contributed by atoms with Crippen molar-refractivity contribution in [2.45, 2.75) is 32.3 Å². The van der Waals surface area contributed by atoms with Crippen molar-refractivity contribution < 1.29 is 19.1 Å². The summed E-state index contributed by atoms with van der Waals surface area (Å²) in [6.45, 7) is 4.14. The molecule has 1 amide bonds. The molecule has 5 heteroatoms. The van der Waals surface area contributed by atoms with Gasteiger partial charge in [0.05, 0.1) is 7.11 Å². The van der Waals surface area contributed by atoms with Crippen LogP contribution in [0.2, 0.25) is 0 Å². The molecule has 0 saturated heterocycles. The lowest BCUT2D eigenvalue weighted by atomic mass is 9.96. The van der Waals surface area contributed by atoms with Gasteiger partial charge in [0.25, 0.3) is 5.91 Å². The first-order chi connectivity index (χ1) is 12.6. The summed E-state index contributed by atoms with van der Waals surface area (Å²) in [5.41, 5.74) is 1.47. The molecule has 0 fully saturated rings. The van der Waals surface area contributed by atoms with Crippen molar-refractivity contribution in [3.8, 4) is 5.75 Å². The Morgan fingerprint density at radius 1 is 1.04 bits per heavy atom. The van der Waals surface area contributed by atoms with Crippen molar-refractivity contribution in [1.29, 1.82) is 0 Å². The Balaban J connectivity index is 1.92. The van der Waals surface area contributed by atoms with Crippen LogP contribution in [-0.4, -0.2) is 31.6 Å². The number of nitrogens with one attached hydrogen (secondary N) is 1. The molecule has 0 heterocycles. The number of carbonyl (C=O) groups excluding carboxylic acids is 2. The van der Waals surface area contributed by atoms with Gasteiger partial charge in [-0.3, -0.25) is 4.79 Å². The molecule has 0 aliphatic rings. The lowest BCUT2D eigenvalue weighted by Crippen LogP contribution is -2.38. The first-order valence-corrected chi connectivity index (χ1v) is 8.73. The minimum absolute atomic E-state index is 0.220. The first-order valence-electron chi connectivity index (χ1n) is 8.73. The summed E-state index contributed by atoms with van der Waals surface area (Å²) in [6.07, 6.45) is 0.0142. The fourth-order valence-corrected chi connectivity index (χ4v) is 2.68. The van der Waals surface area contributed by atoms with Crippen LogP contribution in [0.15, 0.2) is 54.6 Å². The molecule has 138 valence electrons. The van der Waals surface area contributed by atoms with Gasteiger partial charge in [-0.2, -0.15) is 0 Å². The van der Waals surface area contributed by atoms with E-state index < -0.39 is 12.1 Å². The Kier molecular flexibility index (Phi) is 7.21. The standard InChI is InChI=1S/C21H25NO4/c1-4-16(17-10-6-5-7-11-17)14-22-20(23)15(2)26-21(24)18-12-8-9-13-19(18)25-3/h5-13,15-16H,4,14H2,1-3H3,(H,22,23)/t15-,16+/m1/s1. The highest BCUT2D eigenvalue weighted by atomic mass is 16.5. The number of para-hydroxylation sites is 1. The highest BCUT2D eigenvalue weighted by Gasteiger charge is 2.21. The number of ether oxygens (including phenoxy) is 2. The summed E-state index contributed by atoms with van der Waals surface area (Å²) < 4.78 is 10.4. The number of rotatable bonds is 8. The molecule has 26 heavy (non-hydrogen) atoms. The summed E-state index contributed by atoms with van der Waals surface area (Å²) in [5, 5.41) is 2.87. The van der Waals surface area contributed by atoms with E-state index in [1.165, 1.54) is 12.7 Å². The molecule has 0 aromatic heterocycles. The molecule has 2 aromatic carbocycles. The van der Waals surface area contributed by atoms with Gasteiger partial charge in [0, 0.05) is 12.5 Å². The van der Waals surface area contributed by atoms with Crippen LogP contribution >= 0.6 is 0 Å². The average molecular weight is 355 g/mol. The van der Waals surface area contributed by atoms with Gasteiger partial charge in [0.2, 0.25) is 0 Å². The van der Waals surface area contributed by atoms with Crippen LogP contribution in [0.25, 0.3) is 0 Å². The second kappa shape index (κ2) is 9.61. The van der Waals surface area contributed by atoms with E-state index in [1.807, 2.05) is 30.3 Å². The van der Waals surface area contributed by atoms with E-state index in [1.54, 1.807) is 31.2 Å². The summed E-state index contributed by atoms with van der Waals surface area (Å²) in [5.74, 6) is -0.264. The molecule has 2 atom stereocenters. The van der Waals surface area contributed by atoms with Crippen molar-refractivity contribution in [1.82, 2.24) is 5.32 Å². The average Bonchev–Trinajstić information content (AvgIpc) is 2.68. The lowest BCUT2D eigenvalue weighted by molar-refractivity contribution is -0.129. The Labute approximate surface area is 154 Å². The second-order valence-corrected chi connectivity index (χ2v) is 6.01. The number of hydrogen-bond donors (Lipinski definition) is 1. The maximum absolute atomic E-state index is 12.3. The Morgan fingerprint density at radius 2 is 1.69 bits per heavy atom.